The summed E-state index contributed by atoms with van der Waals surface area (Å²) in [6.07, 6.45) is 2.06. The number of aliphatic carboxylic acids is 1. The minimum absolute atomic E-state index is 0.00252. The van der Waals surface area contributed by atoms with E-state index in [1.165, 1.54) is 31.3 Å². The number of nitrogens with zero attached hydrogens (tertiary/aromatic N) is 1. The van der Waals surface area contributed by atoms with Gasteiger partial charge in [-0.05, 0) is 37.0 Å². The molecule has 1 aromatic rings. The van der Waals surface area contributed by atoms with E-state index in [0.29, 0.717) is 12.5 Å². The summed E-state index contributed by atoms with van der Waals surface area (Å²) in [5, 5.41) is 8.69. The van der Waals surface area contributed by atoms with Crippen molar-refractivity contribution in [1.82, 2.24) is 9.62 Å². The molecule has 0 aromatic heterocycles. The Kier molecular flexibility index (Phi) is 4.82. The topological polar surface area (TPSA) is 104 Å². The number of nitrogens with one attached hydrogen (secondary N) is 1. The number of benzene rings is 1. The molecule has 1 aliphatic rings. The monoisotopic (exact) mass is 326 g/mol. The van der Waals surface area contributed by atoms with Crippen LogP contribution < -0.4 is 4.72 Å². The van der Waals surface area contributed by atoms with Gasteiger partial charge < -0.3 is 10.0 Å². The first kappa shape index (κ1) is 16.4. The summed E-state index contributed by atoms with van der Waals surface area (Å²) in [7, 11) is -2.31. The molecule has 8 heteroatoms. The highest BCUT2D eigenvalue weighted by molar-refractivity contribution is 7.89. The summed E-state index contributed by atoms with van der Waals surface area (Å²) in [5.41, 5.74) is 0.137. The van der Waals surface area contributed by atoms with Crippen LogP contribution in [0.5, 0.6) is 0 Å². The van der Waals surface area contributed by atoms with Crippen LogP contribution in [-0.2, 0) is 14.8 Å². The highest BCUT2D eigenvalue weighted by Gasteiger charge is 2.25. The van der Waals surface area contributed by atoms with Gasteiger partial charge in [-0.2, -0.15) is 0 Å². The molecule has 0 radical (unpaired) electrons. The first-order chi connectivity index (χ1) is 10.3. The molecule has 22 heavy (non-hydrogen) atoms. The molecular weight excluding hydrogens is 308 g/mol. The Morgan fingerprint density at radius 3 is 2.64 bits per heavy atom. The molecule has 1 aliphatic carbocycles. The van der Waals surface area contributed by atoms with Crippen molar-refractivity contribution in [1.29, 1.82) is 0 Å². The third kappa shape index (κ3) is 4.28. The van der Waals surface area contributed by atoms with Gasteiger partial charge in [0.2, 0.25) is 10.0 Å². The van der Waals surface area contributed by atoms with Crippen molar-refractivity contribution in [3.8, 4) is 0 Å². The largest absolute Gasteiger partial charge is 0.480 e. The van der Waals surface area contributed by atoms with E-state index >= 15 is 0 Å². The molecule has 0 spiro atoms. The second-order valence-electron chi connectivity index (χ2n) is 5.38. The zero-order valence-corrected chi connectivity index (χ0v) is 13.0. The maximum absolute atomic E-state index is 12.2. The Morgan fingerprint density at radius 1 is 1.36 bits per heavy atom. The Hall–Kier alpha value is -1.93. The van der Waals surface area contributed by atoms with Gasteiger partial charge in [0, 0.05) is 19.2 Å². The summed E-state index contributed by atoms with van der Waals surface area (Å²) in [5.74, 6) is -1.27. The van der Waals surface area contributed by atoms with Crippen molar-refractivity contribution < 1.29 is 23.1 Å². The number of amides is 1. The van der Waals surface area contributed by atoms with Crippen LogP contribution in [0.2, 0.25) is 0 Å². The maximum Gasteiger partial charge on any atom is 0.323 e. The molecule has 0 unspecified atom stereocenters. The summed E-state index contributed by atoms with van der Waals surface area (Å²) in [4.78, 5) is 23.7. The Balaban J connectivity index is 2.14. The zero-order chi connectivity index (χ0) is 16.3. The van der Waals surface area contributed by atoms with Gasteiger partial charge in [-0.3, -0.25) is 9.59 Å². The van der Waals surface area contributed by atoms with E-state index in [1.807, 2.05) is 0 Å². The molecule has 2 rings (SSSR count). The molecule has 0 bridgehead atoms. The van der Waals surface area contributed by atoms with Crippen molar-refractivity contribution in [2.45, 2.75) is 17.7 Å². The van der Waals surface area contributed by atoms with Crippen LogP contribution >= 0.6 is 0 Å². The minimum atomic E-state index is -3.66. The van der Waals surface area contributed by atoms with Crippen molar-refractivity contribution in [2.75, 3.05) is 20.1 Å². The third-order valence-corrected chi connectivity index (χ3v) is 4.79. The van der Waals surface area contributed by atoms with Crippen molar-refractivity contribution >= 4 is 21.9 Å². The van der Waals surface area contributed by atoms with E-state index in [4.69, 9.17) is 5.11 Å². The average Bonchev–Trinajstić information content (AvgIpc) is 3.28. The van der Waals surface area contributed by atoms with Gasteiger partial charge >= 0.3 is 5.97 Å². The molecule has 120 valence electrons. The molecule has 7 nitrogen and oxygen atoms in total. The number of sulfonamides is 1. The normalized spacial score (nSPS) is 14.6. The fraction of sp³-hybridized carbons (Fsp3) is 0.429. The van der Waals surface area contributed by atoms with Crippen LogP contribution in [0.15, 0.2) is 29.2 Å². The van der Waals surface area contributed by atoms with E-state index in [0.717, 1.165) is 17.7 Å². The van der Waals surface area contributed by atoms with Gasteiger partial charge in [0.15, 0.2) is 0 Å². The predicted octanol–water partition coefficient (Wildman–Crippen LogP) is 0.531. The molecule has 0 atom stereocenters. The fourth-order valence-electron chi connectivity index (χ4n) is 1.92. The van der Waals surface area contributed by atoms with E-state index in [1.54, 1.807) is 0 Å². The number of carbonyl (C=O) groups is 2. The van der Waals surface area contributed by atoms with Crippen molar-refractivity contribution in [3.63, 3.8) is 0 Å². The minimum Gasteiger partial charge on any atom is -0.480 e. The fourth-order valence-corrected chi connectivity index (χ4v) is 3.09. The molecular formula is C14H18N2O5S. The second kappa shape index (κ2) is 6.45. The van der Waals surface area contributed by atoms with Crippen LogP contribution in [-0.4, -0.2) is 50.4 Å². The molecule has 1 amide bonds. The predicted molar refractivity (Wildman–Crippen MR) is 79.0 cm³/mol. The van der Waals surface area contributed by atoms with Crippen LogP contribution in [0.1, 0.15) is 23.2 Å². The van der Waals surface area contributed by atoms with Gasteiger partial charge in [-0.15, -0.1) is 0 Å². The first-order valence-corrected chi connectivity index (χ1v) is 8.35. The number of carboxylic acids is 1. The third-order valence-electron chi connectivity index (χ3n) is 3.37. The summed E-state index contributed by atoms with van der Waals surface area (Å²) in [6.45, 7) is -0.0465. The number of carbonyl (C=O) groups excluding carboxylic acids is 1. The molecule has 1 saturated carbocycles. The van der Waals surface area contributed by atoms with Crippen molar-refractivity contribution in [2.24, 2.45) is 5.92 Å². The number of likely N-dealkylation sites (N-methyl/N-ethyl adjacent to an activating group) is 1. The van der Waals surface area contributed by atoms with Gasteiger partial charge in [0.25, 0.3) is 5.91 Å². The first-order valence-electron chi connectivity index (χ1n) is 6.86. The van der Waals surface area contributed by atoms with Gasteiger partial charge in [0.05, 0.1) is 4.90 Å². The lowest BCUT2D eigenvalue weighted by Gasteiger charge is -2.15. The second-order valence-corrected chi connectivity index (χ2v) is 7.15. The van der Waals surface area contributed by atoms with Gasteiger partial charge in [-0.1, -0.05) is 6.07 Å². The van der Waals surface area contributed by atoms with Crippen molar-refractivity contribution in [3.05, 3.63) is 29.8 Å². The number of carboxylic acid groups (broad SMARTS) is 1. The molecule has 2 N–H and O–H groups in total. The lowest BCUT2D eigenvalue weighted by atomic mass is 10.2. The number of hydrogen-bond donors (Lipinski definition) is 2. The molecule has 0 aliphatic heterocycles. The smallest absolute Gasteiger partial charge is 0.323 e. The molecule has 1 aromatic carbocycles. The quantitative estimate of drug-likeness (QED) is 0.761. The Morgan fingerprint density at radius 2 is 2.05 bits per heavy atom. The highest BCUT2D eigenvalue weighted by atomic mass is 32.2. The van der Waals surface area contributed by atoms with E-state index in [-0.39, 0.29) is 10.5 Å². The standard InChI is InChI=1S/C14H18N2O5S/c1-16(9-13(17)18)14(19)11-3-2-4-12(7-11)22(20,21)15-8-10-5-6-10/h2-4,7,10,15H,5-6,8-9H2,1H3,(H,17,18). The number of rotatable bonds is 7. The summed E-state index contributed by atoms with van der Waals surface area (Å²) < 4.78 is 26.8. The molecule has 0 heterocycles. The Labute approximate surface area is 129 Å². The highest BCUT2D eigenvalue weighted by Crippen LogP contribution is 2.28. The van der Waals surface area contributed by atoms with Crippen LogP contribution in [0.3, 0.4) is 0 Å². The molecule has 0 saturated heterocycles. The van der Waals surface area contributed by atoms with Crippen LogP contribution in [0, 0.1) is 5.92 Å². The maximum atomic E-state index is 12.2. The summed E-state index contributed by atoms with van der Waals surface area (Å²) in [6, 6.07) is 5.59. The average molecular weight is 326 g/mol. The SMILES string of the molecule is CN(CC(=O)O)C(=O)c1cccc(S(=O)(=O)NCC2CC2)c1. The number of hydrogen-bond acceptors (Lipinski definition) is 4. The van der Waals surface area contributed by atoms with Gasteiger partial charge in [0.1, 0.15) is 6.54 Å². The molecule has 1 fully saturated rings. The van der Waals surface area contributed by atoms with E-state index in [9.17, 15) is 18.0 Å². The summed E-state index contributed by atoms with van der Waals surface area (Å²) >= 11 is 0. The van der Waals surface area contributed by atoms with E-state index < -0.39 is 28.4 Å². The zero-order valence-electron chi connectivity index (χ0n) is 12.2. The van der Waals surface area contributed by atoms with Gasteiger partial charge in [-0.25, -0.2) is 13.1 Å². The Bertz CT molecular complexity index is 682. The lowest BCUT2D eigenvalue weighted by molar-refractivity contribution is -0.137. The lowest BCUT2D eigenvalue weighted by Crippen LogP contribution is -2.32. The van der Waals surface area contributed by atoms with Crippen LogP contribution in [0.4, 0.5) is 0 Å². The van der Waals surface area contributed by atoms with E-state index in [2.05, 4.69) is 4.72 Å². The van der Waals surface area contributed by atoms with Crippen LogP contribution in [0.25, 0.3) is 0 Å².